The highest BCUT2D eigenvalue weighted by Crippen LogP contribution is 2.12. The second-order valence-corrected chi connectivity index (χ2v) is 4.05. The molecule has 0 aliphatic rings. The number of rotatable bonds is 2. The van der Waals surface area contributed by atoms with Crippen LogP contribution in [0, 0.1) is 0 Å². The topological polar surface area (TPSA) is 12.4 Å². The van der Waals surface area contributed by atoms with Crippen molar-refractivity contribution < 1.29 is 0 Å². The van der Waals surface area contributed by atoms with E-state index in [9.17, 15) is 0 Å². The molecule has 0 N–H and O–H groups in total. The van der Waals surface area contributed by atoms with Crippen molar-refractivity contribution in [3.8, 4) is 0 Å². The van der Waals surface area contributed by atoms with E-state index in [0.29, 0.717) is 0 Å². The predicted molar refractivity (Wildman–Crippen MR) is 65.8 cm³/mol. The zero-order valence-corrected chi connectivity index (χ0v) is 10.3. The van der Waals surface area contributed by atoms with Gasteiger partial charge in [-0.25, -0.2) is 0 Å². The molecule has 0 spiro atoms. The van der Waals surface area contributed by atoms with Gasteiger partial charge in [0.05, 0.1) is 0 Å². The standard InChI is InChI=1S/C12H14BrN/c1-4-9(2)14-10(3)11-5-7-12(13)8-6-11/h4-8H,1-3H3/b9-4-,14-10?. The number of allylic oxidation sites excluding steroid dienone is 2. The molecule has 0 aliphatic carbocycles. The first-order valence-electron chi connectivity index (χ1n) is 4.57. The van der Waals surface area contributed by atoms with Crippen LogP contribution in [0.3, 0.4) is 0 Å². The van der Waals surface area contributed by atoms with Crippen molar-refractivity contribution in [3.63, 3.8) is 0 Å². The maximum absolute atomic E-state index is 4.46. The van der Waals surface area contributed by atoms with Gasteiger partial charge in [0.1, 0.15) is 0 Å². The van der Waals surface area contributed by atoms with Crippen molar-refractivity contribution in [1.29, 1.82) is 0 Å². The van der Waals surface area contributed by atoms with Gasteiger partial charge in [-0.2, -0.15) is 0 Å². The van der Waals surface area contributed by atoms with Crippen molar-refractivity contribution in [1.82, 2.24) is 0 Å². The number of nitrogens with zero attached hydrogens (tertiary/aromatic N) is 1. The molecule has 0 unspecified atom stereocenters. The Labute approximate surface area is 93.7 Å². The monoisotopic (exact) mass is 251 g/mol. The average Bonchev–Trinajstić information content (AvgIpc) is 2.18. The first kappa shape index (κ1) is 11.2. The fourth-order valence-electron chi connectivity index (χ4n) is 1.08. The van der Waals surface area contributed by atoms with Gasteiger partial charge in [0.2, 0.25) is 0 Å². The third-order valence-corrected chi connectivity index (χ3v) is 2.55. The fraction of sp³-hybridized carbons (Fsp3) is 0.250. The quantitative estimate of drug-likeness (QED) is 0.700. The highest BCUT2D eigenvalue weighted by Gasteiger charge is 1.96. The molecule has 0 atom stereocenters. The zero-order chi connectivity index (χ0) is 10.6. The van der Waals surface area contributed by atoms with Gasteiger partial charge >= 0.3 is 0 Å². The average molecular weight is 252 g/mol. The Hall–Kier alpha value is -0.890. The van der Waals surface area contributed by atoms with E-state index in [0.717, 1.165) is 21.4 Å². The molecular weight excluding hydrogens is 238 g/mol. The number of hydrogen-bond donors (Lipinski definition) is 0. The molecule has 0 saturated heterocycles. The minimum atomic E-state index is 1.05. The lowest BCUT2D eigenvalue weighted by molar-refractivity contribution is 1.27. The molecule has 0 saturated carbocycles. The van der Waals surface area contributed by atoms with Gasteiger partial charge in [-0.3, -0.25) is 4.99 Å². The predicted octanol–water partition coefficient (Wildman–Crippen LogP) is 4.18. The molecular formula is C12H14BrN. The van der Waals surface area contributed by atoms with Gasteiger partial charge in [-0.1, -0.05) is 34.1 Å². The summed E-state index contributed by atoms with van der Waals surface area (Å²) < 4.78 is 1.09. The summed E-state index contributed by atoms with van der Waals surface area (Å²) in [6, 6.07) is 8.18. The van der Waals surface area contributed by atoms with Crippen LogP contribution in [0.25, 0.3) is 0 Å². The van der Waals surface area contributed by atoms with E-state index in [1.165, 1.54) is 0 Å². The van der Waals surface area contributed by atoms with Crippen LogP contribution in [0.5, 0.6) is 0 Å². The van der Waals surface area contributed by atoms with Gasteiger partial charge in [0, 0.05) is 15.9 Å². The van der Waals surface area contributed by atoms with Gasteiger partial charge in [0.25, 0.3) is 0 Å². The summed E-state index contributed by atoms with van der Waals surface area (Å²) in [5.41, 5.74) is 3.26. The van der Waals surface area contributed by atoms with E-state index in [-0.39, 0.29) is 0 Å². The molecule has 1 rings (SSSR count). The van der Waals surface area contributed by atoms with Crippen LogP contribution in [-0.2, 0) is 0 Å². The molecule has 1 aromatic carbocycles. The third kappa shape index (κ3) is 3.11. The van der Waals surface area contributed by atoms with Crippen LogP contribution in [-0.4, -0.2) is 5.71 Å². The van der Waals surface area contributed by atoms with E-state index in [2.05, 4.69) is 33.1 Å². The minimum absolute atomic E-state index is 1.05. The number of aliphatic imine (C=N–C) groups is 1. The van der Waals surface area contributed by atoms with Gasteiger partial charge in [-0.05, 0) is 38.5 Å². The second-order valence-electron chi connectivity index (χ2n) is 3.13. The number of halogens is 1. The number of hydrogen-bond acceptors (Lipinski definition) is 1. The lowest BCUT2D eigenvalue weighted by Crippen LogP contribution is -1.94. The Morgan fingerprint density at radius 1 is 1.21 bits per heavy atom. The van der Waals surface area contributed by atoms with Gasteiger partial charge in [-0.15, -0.1) is 0 Å². The maximum atomic E-state index is 4.46. The van der Waals surface area contributed by atoms with Crippen LogP contribution < -0.4 is 0 Å². The zero-order valence-electron chi connectivity index (χ0n) is 8.71. The summed E-state index contributed by atoms with van der Waals surface area (Å²) in [4.78, 5) is 4.46. The smallest absolute Gasteiger partial charge is 0.0447 e. The van der Waals surface area contributed by atoms with Crippen LogP contribution in [0.2, 0.25) is 0 Å². The number of benzene rings is 1. The Morgan fingerprint density at radius 2 is 1.79 bits per heavy atom. The van der Waals surface area contributed by atoms with Crippen molar-refractivity contribution in [2.75, 3.05) is 0 Å². The fourth-order valence-corrected chi connectivity index (χ4v) is 1.35. The molecule has 14 heavy (non-hydrogen) atoms. The first-order chi connectivity index (χ1) is 6.63. The molecule has 2 heteroatoms. The van der Waals surface area contributed by atoms with Crippen molar-refractivity contribution in [3.05, 3.63) is 46.1 Å². The maximum Gasteiger partial charge on any atom is 0.0447 e. The van der Waals surface area contributed by atoms with Crippen LogP contribution in [0.15, 0.2) is 45.5 Å². The molecule has 0 fully saturated rings. The van der Waals surface area contributed by atoms with E-state index in [4.69, 9.17) is 0 Å². The van der Waals surface area contributed by atoms with E-state index in [1.807, 2.05) is 39.0 Å². The molecule has 74 valence electrons. The largest absolute Gasteiger partial charge is 0.258 e. The summed E-state index contributed by atoms with van der Waals surface area (Å²) in [5.74, 6) is 0. The van der Waals surface area contributed by atoms with Crippen LogP contribution in [0.4, 0.5) is 0 Å². The molecule has 0 heterocycles. The normalized spacial score (nSPS) is 13.1. The second kappa shape index (κ2) is 5.11. The van der Waals surface area contributed by atoms with Crippen molar-refractivity contribution in [2.45, 2.75) is 20.8 Å². The lowest BCUT2D eigenvalue weighted by atomic mass is 10.1. The molecule has 0 aliphatic heterocycles. The van der Waals surface area contributed by atoms with Crippen LogP contribution >= 0.6 is 15.9 Å². The van der Waals surface area contributed by atoms with Crippen LogP contribution in [0.1, 0.15) is 26.3 Å². The summed E-state index contributed by atoms with van der Waals surface area (Å²) in [5, 5.41) is 0. The summed E-state index contributed by atoms with van der Waals surface area (Å²) in [6.07, 6.45) is 2.00. The lowest BCUT2D eigenvalue weighted by Gasteiger charge is -2.01. The van der Waals surface area contributed by atoms with Crippen molar-refractivity contribution >= 4 is 21.6 Å². The molecule has 0 bridgehead atoms. The molecule has 1 nitrogen and oxygen atoms in total. The van der Waals surface area contributed by atoms with Gasteiger partial charge in [0.15, 0.2) is 0 Å². The van der Waals surface area contributed by atoms with E-state index < -0.39 is 0 Å². The first-order valence-corrected chi connectivity index (χ1v) is 5.37. The Balaban J connectivity index is 2.95. The summed E-state index contributed by atoms with van der Waals surface area (Å²) >= 11 is 3.41. The van der Waals surface area contributed by atoms with E-state index >= 15 is 0 Å². The third-order valence-electron chi connectivity index (χ3n) is 2.02. The highest BCUT2D eigenvalue weighted by molar-refractivity contribution is 9.10. The SMILES string of the molecule is C/C=C(/C)N=C(C)c1ccc(Br)cc1. The Kier molecular flexibility index (Phi) is 4.08. The molecule has 0 amide bonds. The Morgan fingerprint density at radius 3 is 2.29 bits per heavy atom. The summed E-state index contributed by atoms with van der Waals surface area (Å²) in [6.45, 7) is 6.02. The Bertz CT molecular complexity index is 360. The van der Waals surface area contributed by atoms with Crippen molar-refractivity contribution in [2.24, 2.45) is 4.99 Å². The van der Waals surface area contributed by atoms with E-state index in [1.54, 1.807) is 0 Å². The molecule has 0 aromatic heterocycles. The molecule has 1 aromatic rings. The van der Waals surface area contributed by atoms with Gasteiger partial charge < -0.3 is 0 Å². The highest BCUT2D eigenvalue weighted by atomic mass is 79.9. The molecule has 0 radical (unpaired) electrons. The summed E-state index contributed by atoms with van der Waals surface area (Å²) in [7, 11) is 0. The minimum Gasteiger partial charge on any atom is -0.258 e.